The van der Waals surface area contributed by atoms with Crippen molar-refractivity contribution >= 4 is 77.9 Å². The number of fused-ring (bicyclic) bond motifs is 6. The van der Waals surface area contributed by atoms with Crippen LogP contribution in [0.25, 0.3) is 65.9 Å². The molecule has 6 aromatic carbocycles. The zero-order valence-corrected chi connectivity index (χ0v) is 32.2. The van der Waals surface area contributed by atoms with Crippen molar-refractivity contribution in [3.05, 3.63) is 132 Å². The predicted molar refractivity (Wildman–Crippen MR) is 218 cm³/mol. The zero-order valence-electron chi connectivity index (χ0n) is 30.7. The van der Waals surface area contributed by atoms with E-state index in [4.69, 9.17) is 22.9 Å². The molecule has 0 bridgehead atoms. The van der Waals surface area contributed by atoms with Crippen LogP contribution in [0.3, 0.4) is 0 Å². The van der Waals surface area contributed by atoms with E-state index in [9.17, 15) is 9.59 Å². The van der Waals surface area contributed by atoms with Gasteiger partial charge in [-0.25, -0.2) is 0 Å². The molecule has 2 aromatic heterocycles. The number of aryl methyl sites for hydroxylation is 2. The SMILES string of the molecule is C[n+]1c(-c2ccc(C(=O)NCCNC(=O)c3ccc(-c4c5cc(N)ccc5c5ccc(N)cc5[n+]4C)cc3)cc2)c2cc(N)ccc2c2ccc(N)cc21.[Cl-].[Cl-]. The van der Waals surface area contributed by atoms with Gasteiger partial charge in [-0.2, -0.15) is 9.13 Å². The second-order valence-electron chi connectivity index (χ2n) is 13.6. The Kier molecular flexibility index (Phi) is 10.9. The molecule has 10 N–H and O–H groups in total. The van der Waals surface area contributed by atoms with Crippen LogP contribution in [0.15, 0.2) is 121 Å². The first kappa shape index (κ1) is 39.1. The number of nitrogens with two attached hydrogens (primary N) is 4. The molecular weight excluding hydrogens is 743 g/mol. The first-order chi connectivity index (χ1) is 26.1. The summed E-state index contributed by atoms with van der Waals surface area (Å²) in [7, 11) is 4.01. The minimum Gasteiger partial charge on any atom is -1.00 e. The summed E-state index contributed by atoms with van der Waals surface area (Å²) in [5, 5.41) is 12.1. The normalized spacial score (nSPS) is 11.0. The minimum atomic E-state index is -0.234. The molecule has 2 amide bonds. The smallest absolute Gasteiger partial charge is 0.251 e. The Morgan fingerprint density at radius 1 is 0.446 bits per heavy atom. The third kappa shape index (κ3) is 7.03. The van der Waals surface area contributed by atoms with Gasteiger partial charge in [0.15, 0.2) is 0 Å². The van der Waals surface area contributed by atoms with Crippen molar-refractivity contribution in [3.63, 3.8) is 0 Å². The molecular formula is C44H40Cl2N8O2. The topological polar surface area (TPSA) is 170 Å². The molecule has 8 rings (SSSR count). The Morgan fingerprint density at radius 2 is 0.768 bits per heavy atom. The first-order valence-corrected chi connectivity index (χ1v) is 17.7. The van der Waals surface area contributed by atoms with Crippen LogP contribution >= 0.6 is 0 Å². The Bertz CT molecular complexity index is 2630. The van der Waals surface area contributed by atoms with Crippen molar-refractivity contribution in [1.29, 1.82) is 0 Å². The standard InChI is InChI=1S/C44H38N8O2.2ClH/c1-51-39-23-31(47)13-17-35(39)33-15-11-29(45)21-37(33)41(51)25-3-7-27(8-4-25)43(53)49-19-20-50-44(54)28-9-5-26(6-10-28)42-38-22-30(46)12-16-34(38)36-18-14-32(48)24-40(36)52(42)2;;/h3-18,21-24,47-48H,19-20H2,1-2H3,(H6,45,46,49,50,53,54);2*1H. The quantitative estimate of drug-likeness (QED) is 0.0566. The molecule has 2 heterocycles. The fraction of sp³-hybridized carbons (Fsp3) is 0.0909. The highest BCUT2D eigenvalue weighted by Crippen LogP contribution is 2.35. The molecule has 10 nitrogen and oxygen atoms in total. The maximum Gasteiger partial charge on any atom is 0.251 e. The maximum absolute atomic E-state index is 13.1. The fourth-order valence-electron chi connectivity index (χ4n) is 7.51. The Balaban J connectivity index is 0.00000266. The number of nitrogens with one attached hydrogen (secondary N) is 2. The summed E-state index contributed by atoms with van der Waals surface area (Å²) in [5.41, 5.74) is 34.2. The number of nitrogen functional groups attached to an aromatic ring is 4. The van der Waals surface area contributed by atoms with E-state index in [2.05, 4.69) is 19.8 Å². The summed E-state index contributed by atoms with van der Waals surface area (Å²) in [6.07, 6.45) is 0. The van der Waals surface area contributed by atoms with Crippen molar-refractivity contribution in [3.8, 4) is 22.5 Å². The number of hydrogen-bond donors (Lipinski definition) is 6. The number of hydrogen-bond acceptors (Lipinski definition) is 6. The van der Waals surface area contributed by atoms with Crippen LogP contribution in [0.4, 0.5) is 22.7 Å². The molecule has 0 unspecified atom stereocenters. The molecule has 0 atom stereocenters. The van der Waals surface area contributed by atoms with E-state index < -0.39 is 0 Å². The van der Waals surface area contributed by atoms with Crippen LogP contribution in [-0.2, 0) is 14.1 Å². The van der Waals surface area contributed by atoms with Crippen molar-refractivity contribution in [1.82, 2.24) is 10.6 Å². The highest BCUT2D eigenvalue weighted by atomic mass is 35.5. The number of benzene rings is 6. The van der Waals surface area contributed by atoms with Gasteiger partial charge in [0.1, 0.15) is 14.1 Å². The number of anilines is 4. The fourth-order valence-corrected chi connectivity index (χ4v) is 7.51. The molecule has 0 aliphatic carbocycles. The second-order valence-corrected chi connectivity index (χ2v) is 13.6. The van der Waals surface area contributed by atoms with Gasteiger partial charge in [0.2, 0.25) is 22.4 Å². The number of aromatic nitrogens is 2. The lowest BCUT2D eigenvalue weighted by Crippen LogP contribution is -3.00. The Morgan fingerprint density at radius 3 is 1.12 bits per heavy atom. The van der Waals surface area contributed by atoms with Gasteiger partial charge in [-0.15, -0.1) is 0 Å². The van der Waals surface area contributed by atoms with Gasteiger partial charge in [0.05, 0.1) is 21.5 Å². The van der Waals surface area contributed by atoms with Gasteiger partial charge < -0.3 is 58.4 Å². The summed E-state index contributed by atoms with van der Waals surface area (Å²) in [5.74, 6) is -0.467. The summed E-state index contributed by atoms with van der Waals surface area (Å²) in [6.45, 7) is 0.525. The third-order valence-corrected chi connectivity index (χ3v) is 10.2. The van der Waals surface area contributed by atoms with Gasteiger partial charge in [-0.3, -0.25) is 9.59 Å². The van der Waals surface area contributed by atoms with Gasteiger partial charge >= 0.3 is 0 Å². The number of carbonyl (C=O) groups is 2. The number of halogens is 2. The summed E-state index contributed by atoms with van der Waals surface area (Å²) < 4.78 is 4.22. The zero-order chi connectivity index (χ0) is 37.7. The Labute approximate surface area is 335 Å². The second kappa shape index (κ2) is 15.6. The van der Waals surface area contributed by atoms with E-state index in [0.29, 0.717) is 33.9 Å². The van der Waals surface area contributed by atoms with E-state index in [0.717, 1.165) is 65.9 Å². The van der Waals surface area contributed by atoms with Crippen molar-refractivity contribution in [2.75, 3.05) is 36.0 Å². The number of amides is 2. The Hall–Kier alpha value is -6.62. The molecule has 0 fully saturated rings. The van der Waals surface area contributed by atoms with Crippen molar-refractivity contribution < 1.29 is 43.5 Å². The van der Waals surface area contributed by atoms with E-state index in [1.54, 1.807) is 24.3 Å². The molecule has 0 radical (unpaired) electrons. The summed E-state index contributed by atoms with van der Waals surface area (Å²) >= 11 is 0. The summed E-state index contributed by atoms with van der Waals surface area (Å²) in [4.78, 5) is 26.2. The lowest BCUT2D eigenvalue weighted by Gasteiger charge is -2.12. The van der Waals surface area contributed by atoms with E-state index in [-0.39, 0.29) is 49.7 Å². The number of rotatable bonds is 7. The molecule has 12 heteroatoms. The largest absolute Gasteiger partial charge is 1.00 e. The van der Waals surface area contributed by atoms with E-state index >= 15 is 0 Å². The maximum atomic E-state index is 13.1. The highest BCUT2D eigenvalue weighted by Gasteiger charge is 2.23. The molecule has 0 aliphatic heterocycles. The van der Waals surface area contributed by atoms with Crippen LogP contribution in [-0.4, -0.2) is 24.9 Å². The first-order valence-electron chi connectivity index (χ1n) is 17.7. The average molecular weight is 784 g/mol. The van der Waals surface area contributed by atoms with Crippen LogP contribution < -0.4 is 67.5 Å². The van der Waals surface area contributed by atoms with Crippen molar-refractivity contribution in [2.24, 2.45) is 14.1 Å². The van der Waals surface area contributed by atoms with E-state index in [1.165, 1.54) is 0 Å². The molecule has 282 valence electrons. The van der Waals surface area contributed by atoms with Crippen LogP contribution in [0, 0.1) is 0 Å². The molecule has 0 spiro atoms. The predicted octanol–water partition coefficient (Wildman–Crippen LogP) is -0.221. The molecule has 0 saturated carbocycles. The van der Waals surface area contributed by atoms with Crippen LogP contribution in [0.2, 0.25) is 0 Å². The summed E-state index contributed by atoms with van der Waals surface area (Å²) in [6, 6.07) is 38.5. The monoisotopic (exact) mass is 782 g/mol. The molecule has 56 heavy (non-hydrogen) atoms. The molecule has 8 aromatic rings. The van der Waals surface area contributed by atoms with Gasteiger partial charge in [0.25, 0.3) is 11.8 Å². The van der Waals surface area contributed by atoms with Gasteiger partial charge in [0, 0.05) is 81.0 Å². The number of carbonyl (C=O) groups excluding carboxylic acids is 2. The average Bonchev–Trinajstić information content (AvgIpc) is 3.17. The van der Waals surface area contributed by atoms with Crippen molar-refractivity contribution in [2.45, 2.75) is 0 Å². The molecule has 0 aliphatic rings. The number of nitrogens with zero attached hydrogens (tertiary/aromatic N) is 2. The third-order valence-electron chi connectivity index (χ3n) is 10.2. The lowest BCUT2D eigenvalue weighted by atomic mass is 9.98. The lowest BCUT2D eigenvalue weighted by molar-refractivity contribution is -0.632. The van der Waals surface area contributed by atoms with Gasteiger partial charge in [-0.1, -0.05) is 12.1 Å². The molecule has 0 saturated heterocycles. The highest BCUT2D eigenvalue weighted by molar-refractivity contribution is 6.11. The van der Waals surface area contributed by atoms with Crippen LogP contribution in [0.5, 0.6) is 0 Å². The van der Waals surface area contributed by atoms with Crippen LogP contribution in [0.1, 0.15) is 20.7 Å². The van der Waals surface area contributed by atoms with Gasteiger partial charge in [-0.05, 0) is 97.1 Å². The van der Waals surface area contributed by atoms with E-state index in [1.807, 2.05) is 111 Å². The number of pyridine rings is 2. The minimum absolute atomic E-state index is 0.